The molecule has 12 heavy (non-hydrogen) atoms. The van der Waals surface area contributed by atoms with Crippen LogP contribution in [0.15, 0.2) is 42.0 Å². The topological polar surface area (TPSA) is 26.3 Å². The fraction of sp³-hybridized carbons (Fsp3) is 0.100. The Morgan fingerprint density at radius 1 is 1.25 bits per heavy atom. The number of hydrogen-bond acceptors (Lipinski definition) is 2. The van der Waals surface area contributed by atoms with Crippen molar-refractivity contribution in [3.8, 4) is 5.75 Å². The minimum Gasteiger partial charge on any atom is -0.423 e. The summed E-state index contributed by atoms with van der Waals surface area (Å²) in [7, 11) is 0. The maximum Gasteiger partial charge on any atom is 0.339 e. The summed E-state index contributed by atoms with van der Waals surface area (Å²) in [6.07, 6.45) is 2.64. The Morgan fingerprint density at radius 3 is 2.50 bits per heavy atom. The fourth-order valence-corrected chi connectivity index (χ4v) is 0.879. The Bertz CT molecular complexity index is 325. The van der Waals surface area contributed by atoms with Crippen molar-refractivity contribution >= 4 is 5.97 Å². The van der Waals surface area contributed by atoms with Crippen LogP contribution in [0.25, 0.3) is 0 Å². The maximum absolute atomic E-state index is 11.1. The summed E-state index contributed by atoms with van der Waals surface area (Å²) < 4.78 is 5.03. The summed E-state index contributed by atoms with van der Waals surface area (Å²) >= 11 is 0. The molecule has 1 aromatic rings. The molecule has 0 N–H and O–H groups in total. The van der Waals surface area contributed by atoms with Gasteiger partial charge in [-0.2, -0.15) is 0 Å². The molecule has 1 aliphatic carbocycles. The van der Waals surface area contributed by atoms with E-state index in [2.05, 4.69) is 0 Å². The van der Waals surface area contributed by atoms with Gasteiger partial charge in [0.15, 0.2) is 0 Å². The highest BCUT2D eigenvalue weighted by molar-refractivity contribution is 5.94. The van der Waals surface area contributed by atoms with Gasteiger partial charge in [-0.1, -0.05) is 24.3 Å². The van der Waals surface area contributed by atoms with Crippen LogP contribution in [0.2, 0.25) is 0 Å². The van der Waals surface area contributed by atoms with Gasteiger partial charge in [0, 0.05) is 5.57 Å². The first-order valence-corrected chi connectivity index (χ1v) is 3.82. The third-order valence-corrected chi connectivity index (χ3v) is 1.62. The molecule has 0 saturated heterocycles. The van der Waals surface area contributed by atoms with Crippen molar-refractivity contribution in [2.24, 2.45) is 0 Å². The molecule has 0 amide bonds. The minimum atomic E-state index is -0.221. The molecule has 0 heterocycles. The minimum absolute atomic E-state index is 0.221. The van der Waals surface area contributed by atoms with Crippen molar-refractivity contribution in [2.75, 3.05) is 0 Å². The molecule has 0 aliphatic heterocycles. The van der Waals surface area contributed by atoms with Gasteiger partial charge in [0.2, 0.25) is 0 Å². The fourth-order valence-electron chi connectivity index (χ4n) is 0.879. The first kappa shape index (κ1) is 7.10. The van der Waals surface area contributed by atoms with Gasteiger partial charge in [-0.25, -0.2) is 4.79 Å². The highest BCUT2D eigenvalue weighted by Crippen LogP contribution is 2.21. The van der Waals surface area contributed by atoms with E-state index in [0.29, 0.717) is 5.75 Å². The van der Waals surface area contributed by atoms with Crippen LogP contribution in [0.3, 0.4) is 0 Å². The van der Waals surface area contributed by atoms with E-state index in [0.717, 1.165) is 12.0 Å². The summed E-state index contributed by atoms with van der Waals surface area (Å²) in [5, 5.41) is 0. The Labute approximate surface area is 70.5 Å². The molecule has 60 valence electrons. The lowest BCUT2D eigenvalue weighted by atomic mass is 10.3. The average Bonchev–Trinajstić information content (AvgIpc) is 2.88. The monoisotopic (exact) mass is 160 g/mol. The summed E-state index contributed by atoms with van der Waals surface area (Å²) in [4.78, 5) is 11.1. The first-order valence-electron chi connectivity index (χ1n) is 3.82. The van der Waals surface area contributed by atoms with Crippen molar-refractivity contribution in [3.63, 3.8) is 0 Å². The third-order valence-electron chi connectivity index (χ3n) is 1.62. The molecular formula is C10H8O2. The molecule has 0 aromatic heterocycles. The predicted molar refractivity (Wildman–Crippen MR) is 44.8 cm³/mol. The lowest BCUT2D eigenvalue weighted by Gasteiger charge is -1.99. The maximum atomic E-state index is 11.1. The Hall–Kier alpha value is -1.57. The van der Waals surface area contributed by atoms with E-state index in [1.807, 2.05) is 24.3 Å². The molecule has 2 rings (SSSR count). The number of para-hydroxylation sites is 1. The quantitative estimate of drug-likeness (QED) is 0.488. The van der Waals surface area contributed by atoms with Crippen LogP contribution >= 0.6 is 0 Å². The Morgan fingerprint density at radius 2 is 1.92 bits per heavy atom. The van der Waals surface area contributed by atoms with Gasteiger partial charge >= 0.3 is 5.97 Å². The normalized spacial score (nSPS) is 13.5. The number of carbonyl (C=O) groups is 1. The van der Waals surface area contributed by atoms with Gasteiger partial charge in [0.1, 0.15) is 5.75 Å². The van der Waals surface area contributed by atoms with Crippen LogP contribution in [0.5, 0.6) is 5.75 Å². The molecule has 0 radical (unpaired) electrons. The van der Waals surface area contributed by atoms with Crippen molar-refractivity contribution in [2.45, 2.75) is 6.42 Å². The number of benzene rings is 1. The number of rotatable bonds is 2. The van der Waals surface area contributed by atoms with Crippen LogP contribution in [0.1, 0.15) is 6.42 Å². The zero-order chi connectivity index (χ0) is 8.39. The van der Waals surface area contributed by atoms with Gasteiger partial charge in [0.05, 0.1) is 0 Å². The predicted octanol–water partition coefficient (Wildman–Crippen LogP) is 1.92. The van der Waals surface area contributed by atoms with Crippen molar-refractivity contribution in [1.82, 2.24) is 0 Å². The SMILES string of the molecule is O=C(Oc1ccccc1)C1=CC1. The zero-order valence-electron chi connectivity index (χ0n) is 6.49. The second-order valence-corrected chi connectivity index (χ2v) is 2.64. The number of allylic oxidation sites excluding steroid dienone is 1. The molecule has 0 atom stereocenters. The molecule has 0 fully saturated rings. The lowest BCUT2D eigenvalue weighted by Crippen LogP contribution is -2.05. The summed E-state index contributed by atoms with van der Waals surface area (Å²) in [5.74, 6) is 0.386. The number of carbonyl (C=O) groups excluding carboxylic acids is 1. The standard InChI is InChI=1S/C10H8O2/c11-10(8-6-7-8)12-9-4-2-1-3-5-9/h1-6H,7H2. The largest absolute Gasteiger partial charge is 0.423 e. The summed E-state index contributed by atoms with van der Waals surface area (Å²) in [5.41, 5.74) is 0.777. The van der Waals surface area contributed by atoms with E-state index < -0.39 is 0 Å². The van der Waals surface area contributed by atoms with Crippen LogP contribution in [-0.4, -0.2) is 5.97 Å². The Kier molecular flexibility index (Phi) is 1.67. The molecule has 2 nitrogen and oxygen atoms in total. The van der Waals surface area contributed by atoms with Crippen LogP contribution in [0.4, 0.5) is 0 Å². The highest BCUT2D eigenvalue weighted by Gasteiger charge is 2.18. The molecule has 0 saturated carbocycles. The van der Waals surface area contributed by atoms with E-state index in [4.69, 9.17) is 4.74 Å². The van der Waals surface area contributed by atoms with Gasteiger partial charge in [0.25, 0.3) is 0 Å². The van der Waals surface area contributed by atoms with Crippen molar-refractivity contribution in [1.29, 1.82) is 0 Å². The van der Waals surface area contributed by atoms with Gasteiger partial charge in [-0.05, 0) is 18.6 Å². The zero-order valence-corrected chi connectivity index (χ0v) is 6.49. The van der Waals surface area contributed by atoms with E-state index in [9.17, 15) is 4.79 Å². The van der Waals surface area contributed by atoms with Crippen molar-refractivity contribution in [3.05, 3.63) is 42.0 Å². The number of esters is 1. The molecule has 0 unspecified atom stereocenters. The van der Waals surface area contributed by atoms with E-state index >= 15 is 0 Å². The van der Waals surface area contributed by atoms with E-state index in [1.165, 1.54) is 0 Å². The van der Waals surface area contributed by atoms with Gasteiger partial charge in [-0.15, -0.1) is 0 Å². The highest BCUT2D eigenvalue weighted by atomic mass is 16.5. The van der Waals surface area contributed by atoms with Gasteiger partial charge < -0.3 is 4.74 Å². The molecule has 2 heteroatoms. The third kappa shape index (κ3) is 1.53. The lowest BCUT2D eigenvalue weighted by molar-refractivity contribution is -0.129. The van der Waals surface area contributed by atoms with Crippen molar-refractivity contribution < 1.29 is 9.53 Å². The molecule has 1 aromatic carbocycles. The van der Waals surface area contributed by atoms with Crippen LogP contribution in [0, 0.1) is 0 Å². The first-order chi connectivity index (χ1) is 5.86. The summed E-state index contributed by atoms with van der Waals surface area (Å²) in [6.45, 7) is 0. The number of hydrogen-bond donors (Lipinski definition) is 0. The van der Waals surface area contributed by atoms with Crippen LogP contribution < -0.4 is 4.74 Å². The van der Waals surface area contributed by atoms with E-state index in [-0.39, 0.29) is 5.97 Å². The smallest absolute Gasteiger partial charge is 0.339 e. The molecule has 0 bridgehead atoms. The Balaban J connectivity index is 2.03. The molecular weight excluding hydrogens is 152 g/mol. The average molecular weight is 160 g/mol. The molecule has 1 aliphatic rings. The molecule has 0 spiro atoms. The summed E-state index contributed by atoms with van der Waals surface area (Å²) in [6, 6.07) is 9.09. The second kappa shape index (κ2) is 2.81. The second-order valence-electron chi connectivity index (χ2n) is 2.64. The van der Waals surface area contributed by atoms with Crippen LogP contribution in [-0.2, 0) is 4.79 Å². The van der Waals surface area contributed by atoms with E-state index in [1.54, 1.807) is 12.1 Å². The van der Waals surface area contributed by atoms with Gasteiger partial charge in [-0.3, -0.25) is 0 Å². The number of ether oxygens (including phenoxy) is 1.